The molecule has 0 radical (unpaired) electrons. The van der Waals surface area contributed by atoms with Gasteiger partial charge in [0.1, 0.15) is 5.69 Å². The maximum atomic E-state index is 13.0. The van der Waals surface area contributed by atoms with E-state index in [2.05, 4.69) is 25.3 Å². The van der Waals surface area contributed by atoms with Crippen molar-refractivity contribution in [1.29, 1.82) is 0 Å². The van der Waals surface area contributed by atoms with Crippen LogP contribution in [0.5, 0.6) is 0 Å². The Morgan fingerprint density at radius 3 is 2.47 bits per heavy atom. The van der Waals surface area contributed by atoms with Gasteiger partial charge in [-0.1, -0.05) is 12.1 Å². The number of carbonyl (C=O) groups is 1. The lowest BCUT2D eigenvalue weighted by Gasteiger charge is -2.27. The molecule has 1 aliphatic rings. The van der Waals surface area contributed by atoms with Crippen LogP contribution in [0.3, 0.4) is 0 Å². The zero-order chi connectivity index (χ0) is 23.9. The highest BCUT2D eigenvalue weighted by Crippen LogP contribution is 2.32. The van der Waals surface area contributed by atoms with Gasteiger partial charge in [0, 0.05) is 37.3 Å². The van der Waals surface area contributed by atoms with Gasteiger partial charge < -0.3 is 20.9 Å². The summed E-state index contributed by atoms with van der Waals surface area (Å²) in [6.07, 6.45) is -2.97. The molecule has 2 aromatic heterocycles. The van der Waals surface area contributed by atoms with Crippen LogP contribution in [0, 0.1) is 0 Å². The highest BCUT2D eigenvalue weighted by molar-refractivity contribution is 5.94. The van der Waals surface area contributed by atoms with E-state index in [9.17, 15) is 18.0 Å². The minimum absolute atomic E-state index is 0.0300. The average Bonchev–Trinajstić information content (AvgIpc) is 3.27. The van der Waals surface area contributed by atoms with E-state index in [1.165, 1.54) is 12.3 Å². The fourth-order valence-electron chi connectivity index (χ4n) is 3.84. The number of halogens is 3. The van der Waals surface area contributed by atoms with E-state index in [0.29, 0.717) is 35.4 Å². The van der Waals surface area contributed by atoms with Crippen molar-refractivity contribution in [2.24, 2.45) is 0 Å². The number of nitrogens with two attached hydrogens (primary N) is 1. The summed E-state index contributed by atoms with van der Waals surface area (Å²) in [6, 6.07) is 10.3. The number of benzene rings is 2. The molecule has 11 heteroatoms. The second-order valence-electron chi connectivity index (χ2n) is 7.92. The van der Waals surface area contributed by atoms with Crippen molar-refractivity contribution in [3.05, 3.63) is 59.8 Å². The summed E-state index contributed by atoms with van der Waals surface area (Å²) in [5, 5.41) is 3.22. The molecule has 1 fully saturated rings. The second-order valence-corrected chi connectivity index (χ2v) is 7.92. The number of fused-ring (bicyclic) bond motifs is 1. The molecule has 0 aliphatic carbocycles. The molecule has 5 rings (SSSR count). The highest BCUT2D eigenvalue weighted by Gasteiger charge is 2.31. The van der Waals surface area contributed by atoms with Crippen molar-refractivity contribution >= 4 is 22.8 Å². The molecule has 4 N–H and O–H groups in total. The molecule has 1 aliphatic heterocycles. The monoisotopic (exact) mass is 467 g/mol. The molecule has 0 bridgehead atoms. The minimum atomic E-state index is -4.46. The number of amides is 1. The summed E-state index contributed by atoms with van der Waals surface area (Å²) in [6.45, 7) is 2.87. The molecule has 2 aromatic carbocycles. The van der Waals surface area contributed by atoms with Gasteiger partial charge in [-0.2, -0.15) is 13.2 Å². The summed E-state index contributed by atoms with van der Waals surface area (Å²) < 4.78 is 39.1. The van der Waals surface area contributed by atoms with Crippen molar-refractivity contribution in [2.45, 2.75) is 6.18 Å². The molecule has 1 amide bonds. The standard InChI is InChI=1S/C23H20F3N7O/c24-23(25,26)15-5-6-16-17(11-15)32-21(31-16)19-20(27)29-12-18(30-19)13-1-3-14(4-2-13)22(34)33-9-7-28-8-10-33/h1-6,11-12,28H,7-10H2,(H2,27,29)(H,31,32). The fourth-order valence-corrected chi connectivity index (χ4v) is 3.84. The van der Waals surface area contributed by atoms with Gasteiger partial charge in [0.15, 0.2) is 11.6 Å². The molecule has 1 saturated heterocycles. The van der Waals surface area contributed by atoms with E-state index >= 15 is 0 Å². The van der Waals surface area contributed by atoms with Gasteiger partial charge in [-0.25, -0.2) is 15.0 Å². The Hall–Kier alpha value is -3.99. The zero-order valence-electron chi connectivity index (χ0n) is 17.9. The van der Waals surface area contributed by atoms with Gasteiger partial charge in [-0.05, 0) is 30.3 Å². The molecule has 8 nitrogen and oxygen atoms in total. The van der Waals surface area contributed by atoms with Crippen molar-refractivity contribution in [3.8, 4) is 22.8 Å². The number of nitrogen functional groups attached to an aromatic ring is 1. The van der Waals surface area contributed by atoms with Crippen LogP contribution in [-0.2, 0) is 6.18 Å². The Kier molecular flexibility index (Phi) is 5.40. The molecule has 3 heterocycles. The van der Waals surface area contributed by atoms with Gasteiger partial charge in [-0.15, -0.1) is 0 Å². The van der Waals surface area contributed by atoms with E-state index in [-0.39, 0.29) is 28.8 Å². The quantitative estimate of drug-likeness (QED) is 0.426. The maximum Gasteiger partial charge on any atom is 0.416 e. The van der Waals surface area contributed by atoms with E-state index < -0.39 is 11.7 Å². The van der Waals surface area contributed by atoms with Gasteiger partial charge in [0.25, 0.3) is 5.91 Å². The Morgan fingerprint density at radius 2 is 1.76 bits per heavy atom. The lowest BCUT2D eigenvalue weighted by Crippen LogP contribution is -2.46. The average molecular weight is 467 g/mol. The summed E-state index contributed by atoms with van der Waals surface area (Å²) in [4.78, 5) is 30.4. The number of aromatic nitrogens is 4. The largest absolute Gasteiger partial charge is 0.416 e. The first kappa shape index (κ1) is 21.8. The summed E-state index contributed by atoms with van der Waals surface area (Å²) >= 11 is 0. The lowest BCUT2D eigenvalue weighted by atomic mass is 10.1. The summed E-state index contributed by atoms with van der Waals surface area (Å²) in [5.41, 5.74) is 7.78. The molecular weight excluding hydrogens is 447 g/mol. The maximum absolute atomic E-state index is 13.0. The molecule has 0 spiro atoms. The third-order valence-electron chi connectivity index (χ3n) is 5.67. The molecule has 4 aromatic rings. The van der Waals surface area contributed by atoms with Crippen molar-refractivity contribution < 1.29 is 18.0 Å². The van der Waals surface area contributed by atoms with Crippen LogP contribution in [0.1, 0.15) is 15.9 Å². The Morgan fingerprint density at radius 1 is 1.03 bits per heavy atom. The smallest absolute Gasteiger partial charge is 0.382 e. The van der Waals surface area contributed by atoms with Crippen LogP contribution in [-0.4, -0.2) is 56.9 Å². The zero-order valence-corrected chi connectivity index (χ0v) is 17.9. The number of hydrogen-bond donors (Lipinski definition) is 3. The number of aromatic amines is 1. The number of piperazine rings is 1. The fraction of sp³-hybridized carbons (Fsp3) is 0.217. The van der Waals surface area contributed by atoms with Crippen LogP contribution < -0.4 is 11.1 Å². The molecule has 34 heavy (non-hydrogen) atoms. The number of imidazole rings is 1. The predicted octanol–water partition coefficient (Wildman–Crippen LogP) is 3.33. The highest BCUT2D eigenvalue weighted by atomic mass is 19.4. The van der Waals surface area contributed by atoms with Gasteiger partial charge >= 0.3 is 6.18 Å². The van der Waals surface area contributed by atoms with Crippen LogP contribution in [0.4, 0.5) is 19.0 Å². The SMILES string of the molecule is Nc1ncc(-c2ccc(C(=O)N3CCNCC3)cc2)nc1-c1nc2ccc(C(F)(F)F)cc2[nH]1. The number of carbonyl (C=O) groups excluding carboxylic acids is 1. The van der Waals surface area contributed by atoms with E-state index in [1.807, 2.05) is 0 Å². The van der Waals surface area contributed by atoms with Crippen LogP contribution in [0.2, 0.25) is 0 Å². The predicted molar refractivity (Wildman–Crippen MR) is 121 cm³/mol. The first-order valence-electron chi connectivity index (χ1n) is 10.6. The number of rotatable bonds is 3. The first-order valence-corrected chi connectivity index (χ1v) is 10.6. The molecule has 0 saturated carbocycles. The minimum Gasteiger partial charge on any atom is -0.382 e. The number of hydrogen-bond acceptors (Lipinski definition) is 6. The second kappa shape index (κ2) is 8.41. The summed E-state index contributed by atoms with van der Waals surface area (Å²) in [5.74, 6) is 0.272. The van der Waals surface area contributed by atoms with Gasteiger partial charge in [0.2, 0.25) is 0 Å². The normalized spacial score (nSPS) is 14.5. The number of alkyl halides is 3. The number of anilines is 1. The van der Waals surface area contributed by atoms with Crippen LogP contribution >= 0.6 is 0 Å². The third kappa shape index (κ3) is 4.17. The van der Waals surface area contributed by atoms with Gasteiger partial charge in [0.05, 0.1) is 28.5 Å². The Bertz CT molecular complexity index is 1360. The summed E-state index contributed by atoms with van der Waals surface area (Å²) in [7, 11) is 0. The van der Waals surface area contributed by atoms with Crippen molar-refractivity contribution in [1.82, 2.24) is 30.2 Å². The molecule has 0 unspecified atom stereocenters. The molecule has 0 atom stereocenters. The van der Waals surface area contributed by atoms with E-state index in [4.69, 9.17) is 5.73 Å². The Balaban J connectivity index is 1.44. The van der Waals surface area contributed by atoms with Crippen molar-refractivity contribution in [3.63, 3.8) is 0 Å². The van der Waals surface area contributed by atoms with E-state index in [1.54, 1.807) is 29.2 Å². The molecule has 174 valence electrons. The number of nitrogens with zero attached hydrogens (tertiary/aromatic N) is 4. The molecular formula is C23H20F3N7O. The van der Waals surface area contributed by atoms with Gasteiger partial charge in [-0.3, -0.25) is 4.79 Å². The lowest BCUT2D eigenvalue weighted by molar-refractivity contribution is -0.137. The number of H-pyrrole nitrogens is 1. The van der Waals surface area contributed by atoms with Crippen LogP contribution in [0.25, 0.3) is 33.8 Å². The third-order valence-corrected chi connectivity index (χ3v) is 5.67. The topological polar surface area (TPSA) is 113 Å². The van der Waals surface area contributed by atoms with E-state index in [0.717, 1.165) is 25.2 Å². The number of nitrogens with one attached hydrogen (secondary N) is 2. The first-order chi connectivity index (χ1) is 16.3. The van der Waals surface area contributed by atoms with Crippen LogP contribution in [0.15, 0.2) is 48.7 Å². The Labute approximate surface area is 192 Å². The van der Waals surface area contributed by atoms with Crippen molar-refractivity contribution in [2.75, 3.05) is 31.9 Å².